The first-order chi connectivity index (χ1) is 19.0. The van der Waals surface area contributed by atoms with Gasteiger partial charge in [0.2, 0.25) is 0 Å². The molecule has 39 heavy (non-hydrogen) atoms. The largest absolute Gasteiger partial charge is 0.481 e. The molecule has 0 unspecified atom stereocenters. The molecule has 0 aliphatic rings. The number of carboxylic acid groups (broad SMARTS) is 1. The van der Waals surface area contributed by atoms with E-state index < -0.39 is 12.3 Å². The molecule has 0 radical (unpaired) electrons. The molecule has 0 aromatic carbocycles. The molecule has 236 valence electrons. The molecule has 4 N–H and O–H groups in total. The zero-order chi connectivity index (χ0) is 29.1. The van der Waals surface area contributed by atoms with E-state index in [-0.39, 0.29) is 6.54 Å². The summed E-state index contributed by atoms with van der Waals surface area (Å²) in [6, 6.07) is 0. The Kier molecular flexibility index (Phi) is 38.8. The van der Waals surface area contributed by atoms with Crippen molar-refractivity contribution in [1.82, 2.24) is 5.32 Å². The summed E-state index contributed by atoms with van der Waals surface area (Å²) in [5, 5.41) is 28.8. The van der Waals surface area contributed by atoms with Gasteiger partial charge in [-0.15, -0.1) is 0 Å². The molecule has 0 atom stereocenters. The van der Waals surface area contributed by atoms with Gasteiger partial charge in [-0.3, -0.25) is 4.79 Å². The number of hydrogen-bond acceptors (Lipinski definition) is 4. The molecule has 0 bridgehead atoms. The minimum absolute atomic E-state index is 0.290. The summed E-state index contributed by atoms with van der Waals surface area (Å²) in [6.07, 6.45) is 35.3. The fourth-order valence-corrected chi connectivity index (χ4v) is 4.97. The van der Waals surface area contributed by atoms with Gasteiger partial charge in [-0.05, 0) is 19.4 Å². The highest BCUT2D eigenvalue weighted by Crippen LogP contribution is 2.14. The van der Waals surface area contributed by atoms with Crippen molar-refractivity contribution in [2.75, 3.05) is 13.1 Å². The lowest BCUT2D eigenvalue weighted by atomic mass is 10.0. The van der Waals surface area contributed by atoms with E-state index in [9.17, 15) is 4.79 Å². The number of nitrogens with one attached hydrogen (secondary N) is 1. The summed E-state index contributed by atoms with van der Waals surface area (Å²) in [7, 11) is 0. The topological polar surface area (TPSA) is 89.8 Å². The van der Waals surface area contributed by atoms with Crippen LogP contribution in [0.1, 0.15) is 194 Å². The molecule has 0 saturated heterocycles. The molecule has 0 fully saturated rings. The number of hydrogen-bond donors (Lipinski definition) is 4. The molecule has 0 saturated carbocycles. The molecule has 0 aliphatic carbocycles. The van der Waals surface area contributed by atoms with E-state index in [0.717, 1.165) is 25.8 Å². The Labute approximate surface area is 244 Å². The van der Waals surface area contributed by atoms with Crippen LogP contribution in [0.15, 0.2) is 0 Å². The third kappa shape index (κ3) is 44.6. The Balaban J connectivity index is 0. The quantitative estimate of drug-likeness (QED) is 0.0503. The van der Waals surface area contributed by atoms with Crippen LogP contribution in [-0.4, -0.2) is 40.7 Å². The van der Waals surface area contributed by atoms with Crippen LogP contribution in [0.4, 0.5) is 0 Å². The third-order valence-corrected chi connectivity index (χ3v) is 7.53. The van der Waals surface area contributed by atoms with Crippen LogP contribution >= 0.6 is 0 Å². The molecule has 0 aromatic heterocycles. The summed E-state index contributed by atoms with van der Waals surface area (Å²) in [5.74, 6) is -0.653. The summed E-state index contributed by atoms with van der Waals surface area (Å²) in [4.78, 5) is 10.3. The molecule has 0 rings (SSSR count). The van der Waals surface area contributed by atoms with E-state index in [1.165, 1.54) is 154 Å². The highest BCUT2D eigenvalue weighted by Gasteiger charge is 1.98. The Bertz CT molecular complexity index is 445. The molecular weight excluding hydrogens is 486 g/mol. The van der Waals surface area contributed by atoms with Crippen LogP contribution < -0.4 is 5.32 Å². The van der Waals surface area contributed by atoms with Crippen LogP contribution in [-0.2, 0) is 4.79 Å². The number of aliphatic hydroxyl groups excluding tert-OH is 1. The number of aliphatic carboxylic acids is 1. The first-order valence-corrected chi connectivity index (χ1v) is 17.3. The maximum absolute atomic E-state index is 10.3. The maximum atomic E-state index is 10.3. The van der Waals surface area contributed by atoms with Crippen molar-refractivity contribution < 1.29 is 20.1 Å². The molecule has 0 aliphatic heterocycles. The predicted octanol–water partition coefficient (Wildman–Crippen LogP) is 9.92. The Hall–Kier alpha value is -0.650. The Morgan fingerprint density at radius 3 is 1.05 bits per heavy atom. The van der Waals surface area contributed by atoms with Gasteiger partial charge in [-0.25, -0.2) is 0 Å². The second-order valence-electron chi connectivity index (χ2n) is 11.7. The standard InChI is InChI=1S/C18H36O2.C16H35NO2/c1-2-3-4-5-6-7-8-9-10-11-12-13-14-15-16-17-18(19)20;1-2-3-4-5-6-7-8-9-10-11-12-13-14-17-15-16(18)19/h2-17H2,1H3,(H,19,20);16-19H,2-15H2,1H3. The summed E-state index contributed by atoms with van der Waals surface area (Å²) in [5.41, 5.74) is 0. The van der Waals surface area contributed by atoms with Crippen LogP contribution in [0.2, 0.25) is 0 Å². The van der Waals surface area contributed by atoms with Gasteiger partial charge in [0.25, 0.3) is 0 Å². The highest BCUT2D eigenvalue weighted by molar-refractivity contribution is 5.66. The molecule has 0 spiro atoms. The van der Waals surface area contributed by atoms with E-state index in [1.807, 2.05) is 0 Å². The van der Waals surface area contributed by atoms with Crippen molar-refractivity contribution in [3.8, 4) is 0 Å². The number of rotatable bonds is 31. The minimum atomic E-state index is -1.21. The van der Waals surface area contributed by atoms with Gasteiger partial charge in [0.05, 0.1) is 0 Å². The fourth-order valence-electron chi connectivity index (χ4n) is 4.97. The summed E-state index contributed by atoms with van der Waals surface area (Å²) in [6.45, 7) is 5.72. The average molecular weight is 558 g/mol. The molecule has 5 heteroatoms. The number of carboxylic acids is 1. The van der Waals surface area contributed by atoms with Crippen molar-refractivity contribution in [3.05, 3.63) is 0 Å². The second-order valence-corrected chi connectivity index (χ2v) is 11.7. The minimum Gasteiger partial charge on any atom is -0.481 e. The van der Waals surface area contributed by atoms with Crippen LogP contribution in [0.25, 0.3) is 0 Å². The van der Waals surface area contributed by atoms with Gasteiger partial charge in [0.15, 0.2) is 6.29 Å². The summed E-state index contributed by atoms with van der Waals surface area (Å²) >= 11 is 0. The first-order valence-electron chi connectivity index (χ1n) is 17.3. The molecule has 0 aromatic rings. The monoisotopic (exact) mass is 558 g/mol. The van der Waals surface area contributed by atoms with Gasteiger partial charge < -0.3 is 20.6 Å². The zero-order valence-electron chi connectivity index (χ0n) is 26.5. The maximum Gasteiger partial charge on any atom is 0.303 e. The number of aliphatic hydroxyl groups is 2. The van der Waals surface area contributed by atoms with E-state index in [0.29, 0.717) is 6.42 Å². The average Bonchev–Trinajstić information content (AvgIpc) is 2.91. The lowest BCUT2D eigenvalue weighted by Crippen LogP contribution is -2.26. The fraction of sp³-hybridized carbons (Fsp3) is 0.971. The third-order valence-electron chi connectivity index (χ3n) is 7.53. The smallest absolute Gasteiger partial charge is 0.303 e. The highest BCUT2D eigenvalue weighted by atomic mass is 16.5. The Morgan fingerprint density at radius 1 is 0.487 bits per heavy atom. The van der Waals surface area contributed by atoms with Gasteiger partial charge >= 0.3 is 5.97 Å². The van der Waals surface area contributed by atoms with E-state index in [2.05, 4.69) is 19.2 Å². The van der Waals surface area contributed by atoms with E-state index in [1.54, 1.807) is 0 Å². The van der Waals surface area contributed by atoms with Crippen molar-refractivity contribution in [2.45, 2.75) is 200 Å². The van der Waals surface area contributed by atoms with Gasteiger partial charge in [-0.1, -0.05) is 174 Å². The van der Waals surface area contributed by atoms with Crippen LogP contribution in [0.3, 0.4) is 0 Å². The molecule has 0 amide bonds. The van der Waals surface area contributed by atoms with Gasteiger partial charge in [-0.2, -0.15) is 0 Å². The summed E-state index contributed by atoms with van der Waals surface area (Å²) < 4.78 is 0. The Morgan fingerprint density at radius 2 is 0.769 bits per heavy atom. The van der Waals surface area contributed by atoms with Crippen molar-refractivity contribution in [3.63, 3.8) is 0 Å². The van der Waals surface area contributed by atoms with Gasteiger partial charge in [0.1, 0.15) is 0 Å². The van der Waals surface area contributed by atoms with Gasteiger partial charge in [0, 0.05) is 13.0 Å². The second kappa shape index (κ2) is 37.4. The normalized spacial score (nSPS) is 11.1. The number of carbonyl (C=O) groups is 1. The lowest BCUT2D eigenvalue weighted by molar-refractivity contribution is -0.137. The SMILES string of the molecule is CCCCCCCCCCCCCCCCCC(=O)O.CCCCCCCCCCCCCCNCC(O)O. The van der Waals surface area contributed by atoms with Crippen molar-refractivity contribution >= 4 is 5.97 Å². The molecular formula is C34H71NO4. The molecule has 0 heterocycles. The predicted molar refractivity (Wildman–Crippen MR) is 169 cm³/mol. The van der Waals surface area contributed by atoms with E-state index in [4.69, 9.17) is 15.3 Å². The first kappa shape index (κ1) is 40.5. The van der Waals surface area contributed by atoms with Crippen molar-refractivity contribution in [1.29, 1.82) is 0 Å². The van der Waals surface area contributed by atoms with E-state index >= 15 is 0 Å². The van der Waals surface area contributed by atoms with Crippen LogP contribution in [0.5, 0.6) is 0 Å². The van der Waals surface area contributed by atoms with Crippen LogP contribution in [0, 0.1) is 0 Å². The molecule has 5 nitrogen and oxygen atoms in total. The van der Waals surface area contributed by atoms with Crippen molar-refractivity contribution in [2.24, 2.45) is 0 Å². The zero-order valence-corrected chi connectivity index (χ0v) is 26.5. The number of unbranched alkanes of at least 4 members (excludes halogenated alkanes) is 25. The lowest BCUT2D eigenvalue weighted by Gasteiger charge is -2.06.